The van der Waals surface area contributed by atoms with Gasteiger partial charge in [-0.3, -0.25) is 14.6 Å². The molecule has 1 atom stereocenters. The lowest BCUT2D eigenvalue weighted by Gasteiger charge is -2.34. The minimum Gasteiger partial charge on any atom is -0.383 e. The van der Waals surface area contributed by atoms with Crippen molar-refractivity contribution in [3.8, 4) is 0 Å². The summed E-state index contributed by atoms with van der Waals surface area (Å²) in [6, 6.07) is 3.56. The molecule has 1 saturated heterocycles. The molecule has 0 bridgehead atoms. The van der Waals surface area contributed by atoms with Crippen LogP contribution in [0.2, 0.25) is 0 Å². The van der Waals surface area contributed by atoms with E-state index in [4.69, 9.17) is 4.74 Å². The van der Waals surface area contributed by atoms with E-state index < -0.39 is 0 Å². The van der Waals surface area contributed by atoms with E-state index in [9.17, 15) is 9.59 Å². The average Bonchev–Trinajstić information content (AvgIpc) is 2.59. The Hall–Kier alpha value is -1.95. The number of methoxy groups -OCH3 is 1. The largest absolute Gasteiger partial charge is 0.383 e. The Morgan fingerprint density at radius 2 is 2.26 bits per heavy atom. The number of nitrogens with zero attached hydrogens (tertiary/aromatic N) is 3. The van der Waals surface area contributed by atoms with Crippen LogP contribution in [0.5, 0.6) is 0 Å². The summed E-state index contributed by atoms with van der Waals surface area (Å²) >= 11 is 0. The Morgan fingerprint density at radius 1 is 1.48 bits per heavy atom. The highest BCUT2D eigenvalue weighted by molar-refractivity contribution is 5.95. The lowest BCUT2D eigenvalue weighted by Crippen LogP contribution is -2.46. The number of ether oxygens (including phenoxy) is 1. The van der Waals surface area contributed by atoms with Gasteiger partial charge in [-0.05, 0) is 31.9 Å². The molecule has 0 unspecified atom stereocenters. The number of hydrogen-bond acceptors (Lipinski definition) is 4. The third-order valence-corrected chi connectivity index (χ3v) is 4.30. The molecule has 0 saturated carbocycles. The van der Waals surface area contributed by atoms with Gasteiger partial charge in [-0.25, -0.2) is 0 Å². The molecule has 1 fully saturated rings. The van der Waals surface area contributed by atoms with E-state index >= 15 is 0 Å². The molecular weight excluding hydrogens is 294 g/mol. The maximum Gasteiger partial charge on any atom is 0.255 e. The Balaban J connectivity index is 2.02. The molecule has 0 aromatic carbocycles. The van der Waals surface area contributed by atoms with Crippen LogP contribution in [0.25, 0.3) is 0 Å². The number of piperidine rings is 1. The number of likely N-dealkylation sites (tertiary alicyclic amines) is 1. The summed E-state index contributed by atoms with van der Waals surface area (Å²) in [6.45, 7) is 4.09. The predicted molar refractivity (Wildman–Crippen MR) is 87.1 cm³/mol. The second-order valence-electron chi connectivity index (χ2n) is 5.98. The summed E-state index contributed by atoms with van der Waals surface area (Å²) < 4.78 is 5.01. The van der Waals surface area contributed by atoms with E-state index in [1.54, 1.807) is 42.3 Å². The number of pyridine rings is 1. The highest BCUT2D eigenvalue weighted by Crippen LogP contribution is 2.21. The molecular formula is C17H25N3O3. The fourth-order valence-electron chi connectivity index (χ4n) is 2.89. The first-order valence-electron chi connectivity index (χ1n) is 7.99. The average molecular weight is 319 g/mol. The Bertz CT molecular complexity index is 562. The van der Waals surface area contributed by atoms with Gasteiger partial charge in [0.2, 0.25) is 5.91 Å². The molecule has 23 heavy (non-hydrogen) atoms. The van der Waals surface area contributed by atoms with E-state index in [1.807, 2.05) is 6.92 Å². The van der Waals surface area contributed by atoms with E-state index in [-0.39, 0.29) is 17.7 Å². The van der Waals surface area contributed by atoms with Crippen LogP contribution in [-0.4, -0.2) is 67.0 Å². The third-order valence-electron chi connectivity index (χ3n) is 4.30. The summed E-state index contributed by atoms with van der Waals surface area (Å²) in [6.07, 6.45) is 3.35. The molecule has 1 aliphatic heterocycles. The van der Waals surface area contributed by atoms with Crippen LogP contribution in [0.15, 0.2) is 18.3 Å². The van der Waals surface area contributed by atoms with Crippen molar-refractivity contribution in [2.75, 3.05) is 40.4 Å². The Kier molecular flexibility index (Phi) is 6.10. The number of rotatable bonds is 5. The van der Waals surface area contributed by atoms with Gasteiger partial charge < -0.3 is 14.5 Å². The van der Waals surface area contributed by atoms with Crippen molar-refractivity contribution in [3.05, 3.63) is 29.6 Å². The van der Waals surface area contributed by atoms with Crippen molar-refractivity contribution in [2.45, 2.75) is 19.8 Å². The van der Waals surface area contributed by atoms with Crippen LogP contribution >= 0.6 is 0 Å². The summed E-state index contributed by atoms with van der Waals surface area (Å²) in [5.41, 5.74) is 1.34. The summed E-state index contributed by atoms with van der Waals surface area (Å²) in [5, 5.41) is 0. The molecule has 0 aliphatic carbocycles. The summed E-state index contributed by atoms with van der Waals surface area (Å²) in [7, 11) is 3.41. The maximum absolute atomic E-state index is 12.7. The topological polar surface area (TPSA) is 62.7 Å². The first-order valence-corrected chi connectivity index (χ1v) is 7.99. The quantitative estimate of drug-likeness (QED) is 0.822. The SMILES string of the molecule is COCCN(C)C(=O)[C@H]1CCCN(C(=O)c2cccnc2C)C1. The van der Waals surface area contributed by atoms with Crippen molar-refractivity contribution in [2.24, 2.45) is 5.92 Å². The zero-order chi connectivity index (χ0) is 16.8. The Labute approximate surface area is 137 Å². The minimum atomic E-state index is -0.133. The fraction of sp³-hybridized carbons (Fsp3) is 0.588. The van der Waals surface area contributed by atoms with Crippen molar-refractivity contribution >= 4 is 11.8 Å². The second-order valence-corrected chi connectivity index (χ2v) is 5.98. The van der Waals surface area contributed by atoms with E-state index in [2.05, 4.69) is 4.98 Å². The highest BCUT2D eigenvalue weighted by atomic mass is 16.5. The minimum absolute atomic E-state index is 0.0346. The van der Waals surface area contributed by atoms with Gasteiger partial charge in [0.25, 0.3) is 5.91 Å². The molecule has 126 valence electrons. The molecule has 2 heterocycles. The molecule has 0 N–H and O–H groups in total. The number of aromatic nitrogens is 1. The lowest BCUT2D eigenvalue weighted by molar-refractivity contribution is -0.136. The van der Waals surface area contributed by atoms with Gasteiger partial charge in [0.05, 0.1) is 18.1 Å². The summed E-state index contributed by atoms with van der Waals surface area (Å²) in [5.74, 6) is -0.0818. The highest BCUT2D eigenvalue weighted by Gasteiger charge is 2.30. The first-order chi connectivity index (χ1) is 11.0. The van der Waals surface area contributed by atoms with Gasteiger partial charge in [0.1, 0.15) is 0 Å². The Morgan fingerprint density at radius 3 is 2.96 bits per heavy atom. The number of carbonyl (C=O) groups excluding carboxylic acids is 2. The van der Waals surface area contributed by atoms with Gasteiger partial charge >= 0.3 is 0 Å². The van der Waals surface area contributed by atoms with Crippen molar-refractivity contribution < 1.29 is 14.3 Å². The van der Waals surface area contributed by atoms with Gasteiger partial charge in [-0.15, -0.1) is 0 Å². The fourth-order valence-corrected chi connectivity index (χ4v) is 2.89. The number of aryl methyl sites for hydroxylation is 1. The maximum atomic E-state index is 12.7. The van der Waals surface area contributed by atoms with Gasteiger partial charge in [-0.1, -0.05) is 0 Å². The zero-order valence-electron chi connectivity index (χ0n) is 14.1. The molecule has 0 spiro atoms. The summed E-state index contributed by atoms with van der Waals surface area (Å²) in [4.78, 5) is 32.8. The number of likely N-dealkylation sites (N-methyl/N-ethyl adjacent to an activating group) is 1. The smallest absolute Gasteiger partial charge is 0.255 e. The number of hydrogen-bond donors (Lipinski definition) is 0. The van der Waals surface area contributed by atoms with Crippen LogP contribution in [0.1, 0.15) is 28.9 Å². The molecule has 1 aromatic rings. The van der Waals surface area contributed by atoms with Crippen LogP contribution in [-0.2, 0) is 9.53 Å². The van der Waals surface area contributed by atoms with E-state index in [0.29, 0.717) is 31.8 Å². The second kappa shape index (κ2) is 8.06. The van der Waals surface area contributed by atoms with Gasteiger partial charge in [0, 0.05) is 45.7 Å². The lowest BCUT2D eigenvalue weighted by atomic mass is 9.96. The molecule has 6 heteroatoms. The zero-order valence-corrected chi connectivity index (χ0v) is 14.1. The molecule has 2 rings (SSSR count). The molecule has 1 aromatic heterocycles. The van der Waals surface area contributed by atoms with E-state index in [0.717, 1.165) is 18.5 Å². The normalized spacial score (nSPS) is 17.9. The van der Waals surface area contributed by atoms with Crippen molar-refractivity contribution in [3.63, 3.8) is 0 Å². The monoisotopic (exact) mass is 319 g/mol. The third kappa shape index (κ3) is 4.28. The van der Waals surface area contributed by atoms with Crippen LogP contribution in [0.3, 0.4) is 0 Å². The standard InChI is InChI=1S/C17H25N3O3/c1-13-15(7-4-8-18-13)17(22)20-9-5-6-14(12-20)16(21)19(2)10-11-23-3/h4,7-8,14H,5-6,9-12H2,1-3H3/t14-/m0/s1. The van der Waals surface area contributed by atoms with Gasteiger partial charge in [0.15, 0.2) is 0 Å². The number of carbonyl (C=O) groups is 2. The van der Waals surface area contributed by atoms with E-state index in [1.165, 1.54) is 0 Å². The van der Waals surface area contributed by atoms with Crippen LogP contribution in [0, 0.1) is 12.8 Å². The van der Waals surface area contributed by atoms with Crippen molar-refractivity contribution in [1.82, 2.24) is 14.8 Å². The first kappa shape index (κ1) is 17.4. The molecule has 2 amide bonds. The molecule has 0 radical (unpaired) electrons. The number of amides is 2. The van der Waals surface area contributed by atoms with Crippen molar-refractivity contribution in [1.29, 1.82) is 0 Å². The van der Waals surface area contributed by atoms with Gasteiger partial charge in [-0.2, -0.15) is 0 Å². The van der Waals surface area contributed by atoms with Crippen LogP contribution < -0.4 is 0 Å². The predicted octanol–water partition coefficient (Wildman–Crippen LogP) is 1.35. The molecule has 6 nitrogen and oxygen atoms in total. The van der Waals surface area contributed by atoms with Crippen LogP contribution in [0.4, 0.5) is 0 Å². The molecule has 1 aliphatic rings.